The summed E-state index contributed by atoms with van der Waals surface area (Å²) < 4.78 is 27.1. The number of rotatable bonds is 7. The molecule has 0 aliphatic carbocycles. The molecular formula is C17H27N4O4S+. The summed E-state index contributed by atoms with van der Waals surface area (Å²) in [5.41, 5.74) is 1.25. The van der Waals surface area contributed by atoms with Gasteiger partial charge in [-0.05, 0) is 37.5 Å². The van der Waals surface area contributed by atoms with Crippen molar-refractivity contribution in [2.24, 2.45) is 0 Å². The van der Waals surface area contributed by atoms with E-state index in [1.54, 1.807) is 24.4 Å². The first kappa shape index (κ1) is 20.3. The number of hydrogen-bond acceptors (Lipinski definition) is 4. The predicted molar refractivity (Wildman–Crippen MR) is 98.1 cm³/mol. The number of carbonyl (C=O) groups excluding carboxylic acids is 2. The van der Waals surface area contributed by atoms with E-state index in [1.807, 2.05) is 0 Å². The molecule has 0 saturated carbocycles. The molecule has 2 amide bonds. The second kappa shape index (κ2) is 9.11. The van der Waals surface area contributed by atoms with Crippen molar-refractivity contribution in [3.8, 4) is 0 Å². The maximum absolute atomic E-state index is 12.8. The second-order valence-electron chi connectivity index (χ2n) is 6.36. The molecule has 4 N–H and O–H groups in total. The highest BCUT2D eigenvalue weighted by atomic mass is 32.2. The van der Waals surface area contributed by atoms with Crippen LogP contribution in [0, 0.1) is 6.92 Å². The molecule has 2 rings (SSSR count). The average molecular weight is 383 g/mol. The fourth-order valence-electron chi connectivity index (χ4n) is 2.79. The minimum Gasteiger partial charge on any atom is -0.354 e. The zero-order valence-corrected chi connectivity index (χ0v) is 16.1. The predicted octanol–water partition coefficient (Wildman–Crippen LogP) is -0.582. The third kappa shape index (κ3) is 5.26. The van der Waals surface area contributed by atoms with Crippen molar-refractivity contribution in [1.82, 2.24) is 9.62 Å². The quantitative estimate of drug-likeness (QED) is 0.585. The number of amides is 2. The van der Waals surface area contributed by atoms with Gasteiger partial charge < -0.3 is 16.0 Å². The van der Waals surface area contributed by atoms with Crippen LogP contribution in [0.15, 0.2) is 23.1 Å². The van der Waals surface area contributed by atoms with E-state index >= 15 is 0 Å². The van der Waals surface area contributed by atoms with Gasteiger partial charge in [0.2, 0.25) is 10.0 Å². The molecule has 0 unspecified atom stereocenters. The number of nitrogens with one attached hydrogen (secondary N) is 2. The summed E-state index contributed by atoms with van der Waals surface area (Å²) in [5, 5.41) is 6.79. The van der Waals surface area contributed by atoms with Gasteiger partial charge in [0.25, 0.3) is 11.8 Å². The van der Waals surface area contributed by atoms with Gasteiger partial charge >= 0.3 is 0 Å². The Labute approximate surface area is 154 Å². The van der Waals surface area contributed by atoms with Gasteiger partial charge in [-0.3, -0.25) is 9.59 Å². The number of piperidine rings is 1. The van der Waals surface area contributed by atoms with Crippen LogP contribution in [-0.4, -0.2) is 57.8 Å². The van der Waals surface area contributed by atoms with Crippen LogP contribution in [0.3, 0.4) is 0 Å². The first-order valence-electron chi connectivity index (χ1n) is 8.77. The molecule has 0 atom stereocenters. The Kier molecular flexibility index (Phi) is 7.13. The fraction of sp³-hybridized carbons (Fsp3) is 0.529. The number of likely N-dealkylation sites (N-methyl/N-ethyl adjacent to an activating group) is 1. The highest BCUT2D eigenvalue weighted by molar-refractivity contribution is 7.89. The van der Waals surface area contributed by atoms with Crippen LogP contribution in [0.25, 0.3) is 0 Å². The Hall–Kier alpha value is -1.97. The minimum atomic E-state index is -3.55. The van der Waals surface area contributed by atoms with Crippen LogP contribution in [0.1, 0.15) is 24.8 Å². The standard InChI is InChI=1S/C17H26N4O4S/c1-13-6-7-14(26(24,25)21-8-4-3-5-9-21)10-15(13)20-17(23)12-19-11-16(22)18-2/h6-7,10,19H,3-5,8-9,11-12H2,1-2H3,(H,18,22)(H,20,23)/p+1. The van der Waals surface area contributed by atoms with E-state index in [1.165, 1.54) is 17.4 Å². The van der Waals surface area contributed by atoms with Gasteiger partial charge in [0, 0.05) is 25.8 Å². The largest absolute Gasteiger partial charge is 0.354 e. The third-order valence-electron chi connectivity index (χ3n) is 4.37. The normalized spacial score (nSPS) is 15.5. The van der Waals surface area contributed by atoms with Crippen LogP contribution >= 0.6 is 0 Å². The molecule has 1 heterocycles. The highest BCUT2D eigenvalue weighted by Crippen LogP contribution is 2.25. The number of benzene rings is 1. The lowest BCUT2D eigenvalue weighted by atomic mass is 10.2. The molecule has 1 aliphatic rings. The molecular weight excluding hydrogens is 356 g/mol. The molecule has 1 saturated heterocycles. The van der Waals surface area contributed by atoms with Crippen molar-refractivity contribution in [2.75, 3.05) is 38.5 Å². The maximum Gasteiger partial charge on any atom is 0.279 e. The average Bonchev–Trinajstić information content (AvgIpc) is 2.64. The van der Waals surface area contributed by atoms with Gasteiger partial charge in [-0.25, -0.2) is 8.42 Å². The summed E-state index contributed by atoms with van der Waals surface area (Å²) in [6.07, 6.45) is 2.79. The molecule has 9 heteroatoms. The number of hydrogen-bond donors (Lipinski definition) is 3. The van der Waals surface area contributed by atoms with E-state index in [0.29, 0.717) is 18.8 Å². The first-order chi connectivity index (χ1) is 12.3. The Morgan fingerprint density at radius 3 is 2.42 bits per heavy atom. The topological polar surface area (TPSA) is 112 Å². The van der Waals surface area contributed by atoms with Gasteiger partial charge in [0.1, 0.15) is 0 Å². The Morgan fingerprint density at radius 1 is 1.12 bits per heavy atom. The molecule has 1 aromatic carbocycles. The van der Waals surface area contributed by atoms with Gasteiger partial charge in [-0.15, -0.1) is 0 Å². The van der Waals surface area contributed by atoms with Crippen molar-refractivity contribution in [2.45, 2.75) is 31.1 Å². The number of carbonyl (C=O) groups is 2. The molecule has 8 nitrogen and oxygen atoms in total. The summed E-state index contributed by atoms with van der Waals surface area (Å²) in [6, 6.07) is 4.78. The molecule has 0 spiro atoms. The highest BCUT2D eigenvalue weighted by Gasteiger charge is 2.26. The van der Waals surface area contributed by atoms with Crippen molar-refractivity contribution in [3.63, 3.8) is 0 Å². The van der Waals surface area contributed by atoms with Crippen LogP contribution < -0.4 is 16.0 Å². The van der Waals surface area contributed by atoms with E-state index in [9.17, 15) is 18.0 Å². The summed E-state index contributed by atoms with van der Waals surface area (Å²) >= 11 is 0. The smallest absolute Gasteiger partial charge is 0.279 e. The molecule has 1 fully saturated rings. The zero-order chi connectivity index (χ0) is 19.2. The Morgan fingerprint density at radius 2 is 1.77 bits per heavy atom. The van der Waals surface area contributed by atoms with Crippen molar-refractivity contribution in [1.29, 1.82) is 0 Å². The fourth-order valence-corrected chi connectivity index (χ4v) is 4.33. The maximum atomic E-state index is 12.8. The van der Waals surface area contributed by atoms with E-state index < -0.39 is 10.0 Å². The third-order valence-corrected chi connectivity index (χ3v) is 6.27. The summed E-state index contributed by atoms with van der Waals surface area (Å²) in [6.45, 7) is 3.11. The lowest BCUT2D eigenvalue weighted by molar-refractivity contribution is -0.632. The van der Waals surface area contributed by atoms with Gasteiger partial charge in [0.05, 0.1) is 4.90 Å². The molecule has 0 aromatic heterocycles. The summed E-state index contributed by atoms with van der Waals surface area (Å²) in [5.74, 6) is -0.451. The van der Waals surface area contributed by atoms with E-state index in [-0.39, 0.29) is 29.8 Å². The van der Waals surface area contributed by atoms with Gasteiger partial charge in [-0.2, -0.15) is 4.31 Å². The molecule has 26 heavy (non-hydrogen) atoms. The van der Waals surface area contributed by atoms with Gasteiger partial charge in [-0.1, -0.05) is 12.5 Å². The molecule has 0 bridgehead atoms. The summed E-state index contributed by atoms with van der Waals surface area (Å²) in [7, 11) is -2.01. The minimum absolute atomic E-state index is 0.0793. The van der Waals surface area contributed by atoms with Gasteiger partial charge in [0.15, 0.2) is 13.1 Å². The number of nitrogens with zero attached hydrogens (tertiary/aromatic N) is 1. The van der Waals surface area contributed by atoms with E-state index in [0.717, 1.165) is 24.8 Å². The molecule has 1 aliphatic heterocycles. The summed E-state index contributed by atoms with van der Waals surface area (Å²) in [4.78, 5) is 23.4. The molecule has 0 radical (unpaired) electrons. The Balaban J connectivity index is 2.06. The van der Waals surface area contributed by atoms with Crippen molar-refractivity contribution in [3.05, 3.63) is 23.8 Å². The molecule has 144 valence electrons. The lowest BCUT2D eigenvalue weighted by Gasteiger charge is -2.26. The number of anilines is 1. The monoisotopic (exact) mass is 383 g/mol. The zero-order valence-electron chi connectivity index (χ0n) is 15.2. The van der Waals surface area contributed by atoms with Crippen molar-refractivity contribution < 1.29 is 23.3 Å². The SMILES string of the molecule is CNC(=O)C[NH2+]CC(=O)Nc1cc(S(=O)(=O)N2CCCCC2)ccc1C. The van der Waals surface area contributed by atoms with Crippen LogP contribution in [0.2, 0.25) is 0 Å². The van der Waals surface area contributed by atoms with Crippen LogP contribution in [-0.2, 0) is 19.6 Å². The van der Waals surface area contributed by atoms with E-state index in [4.69, 9.17) is 0 Å². The number of nitrogens with two attached hydrogens (primary N) is 1. The lowest BCUT2D eigenvalue weighted by Crippen LogP contribution is -2.88. The van der Waals surface area contributed by atoms with Crippen molar-refractivity contribution >= 4 is 27.5 Å². The van der Waals surface area contributed by atoms with Crippen LogP contribution in [0.4, 0.5) is 5.69 Å². The van der Waals surface area contributed by atoms with Crippen LogP contribution in [0.5, 0.6) is 0 Å². The Bertz CT molecular complexity index is 758. The molecule has 1 aromatic rings. The number of quaternary nitrogens is 1. The second-order valence-corrected chi connectivity index (χ2v) is 8.30. The number of aryl methyl sites for hydroxylation is 1. The van der Waals surface area contributed by atoms with E-state index in [2.05, 4.69) is 10.6 Å². The number of sulfonamides is 1. The first-order valence-corrected chi connectivity index (χ1v) is 10.2.